The average molecular weight is 826 g/mol. The van der Waals surface area contributed by atoms with Gasteiger partial charge in [-0.1, -0.05) is 18.2 Å². The predicted octanol–water partition coefficient (Wildman–Crippen LogP) is 5.75. The van der Waals surface area contributed by atoms with E-state index in [9.17, 15) is 28.0 Å². The van der Waals surface area contributed by atoms with Crippen molar-refractivity contribution in [3.05, 3.63) is 99.2 Å². The number of alkyl halides is 2. The van der Waals surface area contributed by atoms with Crippen LogP contribution in [-0.2, 0) is 29.1 Å². The molecule has 0 radical (unpaired) electrons. The summed E-state index contributed by atoms with van der Waals surface area (Å²) in [6, 6.07) is 11.9. The molecule has 6 aliphatic heterocycles. The van der Waals surface area contributed by atoms with Crippen LogP contribution in [0.15, 0.2) is 48.5 Å². The van der Waals surface area contributed by atoms with Crippen molar-refractivity contribution >= 4 is 40.2 Å². The molecule has 11 nitrogen and oxygen atoms in total. The molecule has 7 heterocycles. The van der Waals surface area contributed by atoms with E-state index in [2.05, 4.69) is 20.1 Å². The van der Waals surface area contributed by atoms with Crippen LogP contribution < -0.4 is 10.2 Å². The van der Waals surface area contributed by atoms with Gasteiger partial charge in [-0.15, -0.1) is 0 Å². The topological polar surface area (TPSA) is 112 Å². The Balaban J connectivity index is 0.764. The van der Waals surface area contributed by atoms with Crippen molar-refractivity contribution in [2.24, 2.45) is 5.92 Å². The second-order valence-electron chi connectivity index (χ2n) is 17.6. The molecule has 60 heavy (non-hydrogen) atoms. The number of hydrogen-bond acceptors (Lipinski definition) is 8. The van der Waals surface area contributed by atoms with Crippen LogP contribution in [0.2, 0.25) is 0 Å². The first-order valence-electron chi connectivity index (χ1n) is 21.1. The number of carbonyl (C=O) groups is 4. The van der Waals surface area contributed by atoms with Crippen LogP contribution in [0.1, 0.15) is 93.7 Å². The number of fused-ring (bicyclic) bond motifs is 5. The molecule has 0 spiro atoms. The summed E-state index contributed by atoms with van der Waals surface area (Å²) in [5.41, 5.74) is 5.18. The molecular weight excluding hydrogens is 779 g/mol. The lowest BCUT2D eigenvalue weighted by Gasteiger charge is -2.41. The maximum atomic E-state index is 16.3. The van der Waals surface area contributed by atoms with Crippen LogP contribution in [-0.4, -0.2) is 112 Å². The Morgan fingerprint density at radius 3 is 2.20 bits per heavy atom. The van der Waals surface area contributed by atoms with Crippen LogP contribution in [0.5, 0.6) is 0 Å². The van der Waals surface area contributed by atoms with Crippen molar-refractivity contribution < 1.29 is 36.7 Å². The Morgan fingerprint density at radius 2 is 1.53 bits per heavy atom. The highest BCUT2D eigenvalue weighted by Crippen LogP contribution is 2.44. The fourth-order valence-electron chi connectivity index (χ4n) is 10.9. The van der Waals surface area contributed by atoms with Gasteiger partial charge in [0.1, 0.15) is 17.7 Å². The highest BCUT2D eigenvalue weighted by molar-refractivity contribution is 6.23. The first kappa shape index (κ1) is 39.0. The number of nitrogens with zero attached hydrogens (tertiary/aromatic N) is 5. The number of benzene rings is 3. The lowest BCUT2D eigenvalue weighted by molar-refractivity contribution is -0.136. The number of aromatic nitrogens is 1. The Hall–Kier alpha value is -5.12. The quantitative estimate of drug-likeness (QED) is 0.171. The third-order valence-electron chi connectivity index (χ3n) is 14.0. The molecule has 2 N–H and O–H groups in total. The molecule has 15 heteroatoms. The average Bonchev–Trinajstić information content (AvgIpc) is 3.99. The molecule has 6 aliphatic rings. The maximum absolute atomic E-state index is 16.3. The van der Waals surface area contributed by atoms with Gasteiger partial charge in [-0.2, -0.15) is 0 Å². The zero-order valence-corrected chi connectivity index (χ0v) is 33.4. The van der Waals surface area contributed by atoms with Gasteiger partial charge in [0.15, 0.2) is 0 Å². The molecular formula is C45H47F4N7O4. The third-order valence-corrected chi connectivity index (χ3v) is 14.0. The van der Waals surface area contributed by atoms with E-state index >= 15 is 8.78 Å². The number of halogens is 4. The molecule has 4 aromatic rings. The van der Waals surface area contributed by atoms with Gasteiger partial charge in [-0.3, -0.25) is 39.2 Å². The molecule has 3 saturated heterocycles. The van der Waals surface area contributed by atoms with Gasteiger partial charge in [0.25, 0.3) is 18.2 Å². The summed E-state index contributed by atoms with van der Waals surface area (Å²) < 4.78 is 60.4. The number of amides is 4. The highest BCUT2D eigenvalue weighted by atomic mass is 19.3. The molecule has 1 aromatic heterocycles. The Bertz CT molecular complexity index is 2360. The number of rotatable bonds is 8. The molecule has 2 unspecified atom stereocenters. The first-order valence-corrected chi connectivity index (χ1v) is 21.1. The summed E-state index contributed by atoms with van der Waals surface area (Å²) in [7, 11) is 0. The third kappa shape index (κ3) is 6.69. The van der Waals surface area contributed by atoms with E-state index in [1.807, 2.05) is 36.1 Å². The van der Waals surface area contributed by atoms with Crippen LogP contribution in [0.4, 0.5) is 23.2 Å². The van der Waals surface area contributed by atoms with E-state index in [1.165, 1.54) is 17.0 Å². The number of hydrogen-bond donors (Lipinski definition) is 2. The summed E-state index contributed by atoms with van der Waals surface area (Å²) in [6.45, 7) is 6.63. The fourth-order valence-corrected chi connectivity index (χ4v) is 10.9. The van der Waals surface area contributed by atoms with Crippen molar-refractivity contribution in [2.75, 3.05) is 44.2 Å². The van der Waals surface area contributed by atoms with Gasteiger partial charge >= 0.3 is 0 Å². The van der Waals surface area contributed by atoms with E-state index in [0.29, 0.717) is 67.1 Å². The summed E-state index contributed by atoms with van der Waals surface area (Å²) in [5, 5.41) is 3.18. The number of likely N-dealkylation sites (tertiary alicyclic amines) is 1. The van der Waals surface area contributed by atoms with Gasteiger partial charge in [0.2, 0.25) is 11.8 Å². The Morgan fingerprint density at radius 1 is 0.850 bits per heavy atom. The molecule has 3 aromatic carbocycles. The number of para-hydroxylation sites is 1. The molecule has 4 amide bonds. The predicted molar refractivity (Wildman–Crippen MR) is 215 cm³/mol. The molecule has 314 valence electrons. The standard InChI is InChI=1S/C45H47F4N7O4/c1-24-14-31-30-4-2-3-5-36(30)50-41(31)42(55(24)23-38(48)49)40-34(46)17-29(18-35(40)47)53-12-8-25(9-13-53)19-52-11-10-28(22-52)54-20-26-15-32-33(16-27(26)21-54)45(60)56(44(32)59)37-6-7-39(57)51-43(37)58/h2-5,15-18,24-25,28,37-38,42,50H,6-14,19-23H2,1H3,(H,51,57,58)/t24-,28?,37?,42-/m1/s1. The van der Waals surface area contributed by atoms with Gasteiger partial charge in [0.05, 0.1) is 23.7 Å². The van der Waals surface area contributed by atoms with Crippen molar-refractivity contribution in [2.45, 2.75) is 89.1 Å². The lowest BCUT2D eigenvalue weighted by atomic mass is 9.88. The van der Waals surface area contributed by atoms with Crippen LogP contribution >= 0.6 is 0 Å². The second kappa shape index (κ2) is 15.1. The molecule has 0 aliphatic carbocycles. The number of aromatic amines is 1. The van der Waals surface area contributed by atoms with Crippen LogP contribution in [0.3, 0.4) is 0 Å². The van der Waals surface area contributed by atoms with Gasteiger partial charge in [-0.25, -0.2) is 17.6 Å². The number of piperidine rings is 2. The first-order chi connectivity index (χ1) is 28.9. The van der Waals surface area contributed by atoms with Gasteiger partial charge in [0, 0.05) is 85.6 Å². The monoisotopic (exact) mass is 825 g/mol. The van der Waals surface area contributed by atoms with E-state index in [-0.39, 0.29) is 24.4 Å². The van der Waals surface area contributed by atoms with E-state index in [4.69, 9.17) is 0 Å². The summed E-state index contributed by atoms with van der Waals surface area (Å²) >= 11 is 0. The van der Waals surface area contributed by atoms with Crippen molar-refractivity contribution in [1.29, 1.82) is 0 Å². The molecule has 0 saturated carbocycles. The summed E-state index contributed by atoms with van der Waals surface area (Å²) in [4.78, 5) is 63.7. The normalized spacial score (nSPS) is 25.5. The number of imide groups is 2. The van der Waals surface area contributed by atoms with Crippen molar-refractivity contribution in [3.63, 3.8) is 0 Å². The number of carbonyl (C=O) groups excluding carboxylic acids is 4. The Kier molecular flexibility index (Phi) is 9.83. The number of anilines is 1. The lowest BCUT2D eigenvalue weighted by Crippen LogP contribution is -2.54. The summed E-state index contributed by atoms with van der Waals surface area (Å²) in [6.07, 6.45) is 0.753. The van der Waals surface area contributed by atoms with Gasteiger partial charge in [-0.05, 0) is 98.5 Å². The number of nitrogens with one attached hydrogen (secondary N) is 2. The van der Waals surface area contributed by atoms with Crippen molar-refractivity contribution in [1.82, 2.24) is 29.9 Å². The smallest absolute Gasteiger partial charge is 0.262 e. The van der Waals surface area contributed by atoms with E-state index in [1.54, 1.807) is 12.1 Å². The SMILES string of the molecule is C[C@@H]1Cc2c([nH]c3ccccc23)[C@@H](c2c(F)cc(N3CCC(CN4CCC(N5Cc6cc7c(cc6C5)C(=O)N(C5CCC(=O)NC5=O)C7=O)C4)CC3)cc2F)N1CC(F)F. The minimum absolute atomic E-state index is 0.0770. The zero-order chi connectivity index (χ0) is 41.6. The summed E-state index contributed by atoms with van der Waals surface area (Å²) in [5.74, 6) is -3.06. The van der Waals surface area contributed by atoms with Crippen molar-refractivity contribution in [3.8, 4) is 0 Å². The van der Waals surface area contributed by atoms with E-state index in [0.717, 1.165) is 71.4 Å². The molecule has 4 atom stereocenters. The molecule has 0 bridgehead atoms. The maximum Gasteiger partial charge on any atom is 0.262 e. The van der Waals surface area contributed by atoms with Crippen LogP contribution in [0, 0.1) is 17.6 Å². The van der Waals surface area contributed by atoms with Crippen LogP contribution in [0.25, 0.3) is 10.9 Å². The largest absolute Gasteiger partial charge is 0.371 e. The molecule has 10 rings (SSSR count). The number of H-pyrrole nitrogens is 1. The Labute approximate surface area is 344 Å². The minimum Gasteiger partial charge on any atom is -0.371 e. The second-order valence-corrected chi connectivity index (χ2v) is 17.6. The highest BCUT2D eigenvalue weighted by Gasteiger charge is 2.46. The minimum atomic E-state index is -2.67. The fraction of sp³-hybridized carbons (Fsp3) is 0.467. The van der Waals surface area contributed by atoms with E-state index < -0.39 is 60.3 Å². The van der Waals surface area contributed by atoms with Gasteiger partial charge < -0.3 is 14.8 Å². The zero-order valence-electron chi connectivity index (χ0n) is 33.4. The molecule has 3 fully saturated rings.